The number of aliphatic hydroxyl groups is 3. The number of H-pyrrole nitrogens is 1. The minimum atomic E-state index is -1.14. The Bertz CT molecular complexity index is 1080. The first-order chi connectivity index (χ1) is 13.4. The molecular weight excluding hydrogens is 407 g/mol. The molecule has 1 saturated carbocycles. The molecule has 8 nitrogen and oxygen atoms in total. The lowest BCUT2D eigenvalue weighted by Gasteiger charge is -2.22. The number of rotatable bonds is 3. The number of nitrogens with zero attached hydrogens (tertiary/aromatic N) is 3. The van der Waals surface area contributed by atoms with E-state index in [1.807, 2.05) is 0 Å². The van der Waals surface area contributed by atoms with Crippen molar-refractivity contribution in [1.82, 2.24) is 14.5 Å². The summed E-state index contributed by atoms with van der Waals surface area (Å²) in [6.45, 7) is 0. The van der Waals surface area contributed by atoms with E-state index in [2.05, 4.69) is 15.1 Å². The summed E-state index contributed by atoms with van der Waals surface area (Å²) in [5.74, 6) is -0.612. The van der Waals surface area contributed by atoms with Gasteiger partial charge in [0.1, 0.15) is 11.8 Å². The highest BCUT2D eigenvalue weighted by Gasteiger charge is 2.46. The first-order valence-electron chi connectivity index (χ1n) is 8.64. The molecule has 0 radical (unpaired) electrons. The molecule has 1 aliphatic carbocycles. The molecule has 28 heavy (non-hydrogen) atoms. The fourth-order valence-electron chi connectivity index (χ4n) is 3.94. The van der Waals surface area contributed by atoms with Crippen molar-refractivity contribution in [2.24, 2.45) is 11.1 Å². The van der Waals surface area contributed by atoms with Crippen LogP contribution in [0.3, 0.4) is 0 Å². The summed E-state index contributed by atoms with van der Waals surface area (Å²) in [5, 5.41) is 45.5. The second-order valence-corrected chi connectivity index (χ2v) is 7.69. The number of nitrogens with one attached hydrogen (secondary N) is 1. The zero-order valence-electron chi connectivity index (χ0n) is 14.4. The van der Waals surface area contributed by atoms with Gasteiger partial charge in [-0.15, -0.1) is 0 Å². The Morgan fingerprint density at radius 2 is 1.96 bits per heavy atom. The minimum Gasteiger partial charge on any atom is -0.409 e. The van der Waals surface area contributed by atoms with Gasteiger partial charge in [0.2, 0.25) is 5.49 Å². The van der Waals surface area contributed by atoms with Crippen LogP contribution < -0.4 is 5.49 Å². The normalized spacial score (nSPS) is 26.8. The van der Waals surface area contributed by atoms with Crippen LogP contribution in [0.4, 0.5) is 0 Å². The Hall–Kier alpha value is -2.10. The summed E-state index contributed by atoms with van der Waals surface area (Å²) >= 11 is 12.0. The van der Waals surface area contributed by atoms with E-state index in [0.717, 1.165) is 0 Å². The molecule has 0 spiro atoms. The van der Waals surface area contributed by atoms with E-state index in [1.165, 1.54) is 6.33 Å². The lowest BCUT2D eigenvalue weighted by atomic mass is 9.92. The van der Waals surface area contributed by atoms with Crippen molar-refractivity contribution in [1.29, 1.82) is 0 Å². The van der Waals surface area contributed by atoms with Gasteiger partial charge < -0.3 is 30.1 Å². The van der Waals surface area contributed by atoms with Crippen LogP contribution in [0, 0.1) is 5.92 Å². The molecule has 1 unspecified atom stereocenters. The Labute approximate surface area is 169 Å². The van der Waals surface area contributed by atoms with Crippen LogP contribution in [-0.2, 0) is 0 Å². The second kappa shape index (κ2) is 7.38. The molecule has 1 aromatic carbocycles. The third kappa shape index (κ3) is 3.07. The Morgan fingerprint density at radius 1 is 1.18 bits per heavy atom. The van der Waals surface area contributed by atoms with Crippen LogP contribution >= 0.6 is 23.2 Å². The molecule has 4 rings (SSSR count). The van der Waals surface area contributed by atoms with Crippen molar-refractivity contribution >= 4 is 34.2 Å². The third-order valence-electron chi connectivity index (χ3n) is 5.38. The maximum atomic E-state index is 10.8. The first-order valence-corrected chi connectivity index (χ1v) is 9.39. The number of aromatic amines is 1. The van der Waals surface area contributed by atoms with Gasteiger partial charge in [-0.1, -0.05) is 34.4 Å². The van der Waals surface area contributed by atoms with Crippen LogP contribution in [0.1, 0.15) is 24.1 Å². The highest BCUT2D eigenvalue weighted by atomic mass is 35.5. The summed E-state index contributed by atoms with van der Waals surface area (Å²) < 4.78 is 1.75. The van der Waals surface area contributed by atoms with E-state index in [1.54, 1.807) is 35.0 Å². The standard InChI is InChI=1S/C18H18Cl2N4O4/c19-11-2-1-8(5-12(11)20)14(25)10-6-13(16(27)15(10)26)24-4-3-9-17(23-28)21-7-22-18(9)24/h1-5,7,10,13-16,25-28H,6H2,(H,21,22,23)/t10-,13-,14?,15-,16+/m1/s1. The second-order valence-electron chi connectivity index (χ2n) is 6.88. The Balaban J connectivity index is 1.67. The molecule has 3 aromatic rings. The van der Waals surface area contributed by atoms with Crippen LogP contribution in [0.5, 0.6) is 0 Å². The first kappa shape index (κ1) is 19.2. The summed E-state index contributed by atoms with van der Waals surface area (Å²) in [5.41, 5.74) is 1.25. The molecule has 1 fully saturated rings. The van der Waals surface area contributed by atoms with E-state index in [9.17, 15) is 15.3 Å². The van der Waals surface area contributed by atoms with E-state index >= 15 is 0 Å². The van der Waals surface area contributed by atoms with Gasteiger partial charge in [0, 0.05) is 12.1 Å². The van der Waals surface area contributed by atoms with Crippen LogP contribution in [0.15, 0.2) is 41.9 Å². The van der Waals surface area contributed by atoms with Crippen molar-refractivity contribution in [2.45, 2.75) is 30.8 Å². The Morgan fingerprint density at radius 3 is 2.68 bits per heavy atom. The number of hydrogen-bond donors (Lipinski definition) is 5. The van der Waals surface area contributed by atoms with Gasteiger partial charge in [-0.2, -0.15) is 0 Å². The average molecular weight is 425 g/mol. The van der Waals surface area contributed by atoms with E-state index < -0.39 is 30.3 Å². The van der Waals surface area contributed by atoms with Gasteiger partial charge in [0.15, 0.2) is 0 Å². The van der Waals surface area contributed by atoms with Gasteiger partial charge in [0.05, 0.1) is 40.0 Å². The summed E-state index contributed by atoms with van der Waals surface area (Å²) in [7, 11) is 0. The largest absolute Gasteiger partial charge is 0.409 e. The van der Waals surface area contributed by atoms with Crippen LogP contribution in [0.2, 0.25) is 10.0 Å². The van der Waals surface area contributed by atoms with Gasteiger partial charge in [-0.25, -0.2) is 4.98 Å². The fourth-order valence-corrected chi connectivity index (χ4v) is 4.24. The molecule has 2 heterocycles. The molecule has 0 bridgehead atoms. The number of hydrogen-bond acceptors (Lipinski definition) is 6. The highest BCUT2D eigenvalue weighted by molar-refractivity contribution is 6.42. The zero-order chi connectivity index (χ0) is 20.0. The summed E-state index contributed by atoms with van der Waals surface area (Å²) in [6, 6.07) is 5.99. The van der Waals surface area contributed by atoms with Gasteiger partial charge in [-0.3, -0.25) is 0 Å². The smallest absolute Gasteiger partial charge is 0.203 e. The summed E-state index contributed by atoms with van der Waals surface area (Å²) in [4.78, 5) is 6.91. The van der Waals surface area contributed by atoms with Crippen LogP contribution in [-0.4, -0.2) is 47.3 Å². The van der Waals surface area contributed by atoms with E-state index in [-0.39, 0.29) is 5.49 Å². The predicted octanol–water partition coefficient (Wildman–Crippen LogP) is 1.98. The number of benzene rings is 1. The van der Waals surface area contributed by atoms with E-state index in [4.69, 9.17) is 28.4 Å². The van der Waals surface area contributed by atoms with Crippen molar-refractivity contribution in [3.63, 3.8) is 0 Å². The lowest BCUT2D eigenvalue weighted by molar-refractivity contribution is -0.0264. The van der Waals surface area contributed by atoms with Gasteiger partial charge in [0.25, 0.3) is 0 Å². The molecule has 0 amide bonds. The average Bonchev–Trinajstić information content (AvgIpc) is 3.25. The van der Waals surface area contributed by atoms with Crippen molar-refractivity contribution in [3.8, 4) is 0 Å². The molecule has 1 aliphatic rings. The maximum absolute atomic E-state index is 10.8. The molecular formula is C18H18Cl2N4O4. The SMILES string of the molecule is O/N=c1/nc[nH]c2c1ccn2[C@@H]1C[C@H](C(O)c2ccc(Cl)c(Cl)c2)[C@@H](O)[C@H]1O. The molecule has 5 N–H and O–H groups in total. The number of halogens is 2. The van der Waals surface area contributed by atoms with E-state index in [0.29, 0.717) is 33.1 Å². The zero-order valence-corrected chi connectivity index (χ0v) is 16.0. The van der Waals surface area contributed by atoms with Gasteiger partial charge in [-0.05, 0) is 30.2 Å². The molecule has 148 valence electrons. The van der Waals surface area contributed by atoms with Gasteiger partial charge >= 0.3 is 0 Å². The third-order valence-corrected chi connectivity index (χ3v) is 6.12. The highest BCUT2D eigenvalue weighted by Crippen LogP contribution is 2.43. The predicted molar refractivity (Wildman–Crippen MR) is 102 cm³/mol. The Kier molecular flexibility index (Phi) is 5.07. The van der Waals surface area contributed by atoms with Crippen LogP contribution in [0.25, 0.3) is 11.0 Å². The lowest BCUT2D eigenvalue weighted by Crippen LogP contribution is -2.31. The quantitative estimate of drug-likeness (QED) is 0.324. The van der Waals surface area contributed by atoms with Crippen molar-refractivity contribution in [3.05, 3.63) is 57.9 Å². The molecule has 10 heteroatoms. The summed E-state index contributed by atoms with van der Waals surface area (Å²) in [6.07, 6.45) is 0.138. The fraction of sp³-hybridized carbons (Fsp3) is 0.333. The number of fused-ring (bicyclic) bond motifs is 1. The van der Waals surface area contributed by atoms with Crippen molar-refractivity contribution in [2.75, 3.05) is 0 Å². The maximum Gasteiger partial charge on any atom is 0.203 e. The van der Waals surface area contributed by atoms with Crippen molar-refractivity contribution < 1.29 is 20.5 Å². The molecule has 5 atom stereocenters. The topological polar surface area (TPSA) is 127 Å². The number of aliphatic hydroxyl groups excluding tert-OH is 3. The molecule has 2 aromatic heterocycles. The monoisotopic (exact) mass is 424 g/mol. The number of aromatic nitrogens is 3. The molecule has 0 saturated heterocycles. The minimum absolute atomic E-state index is 0.146. The molecule has 0 aliphatic heterocycles.